The van der Waals surface area contributed by atoms with E-state index in [4.69, 9.17) is 5.73 Å². The molecule has 5 heteroatoms. The van der Waals surface area contributed by atoms with E-state index in [0.29, 0.717) is 6.54 Å². The summed E-state index contributed by atoms with van der Waals surface area (Å²) in [7, 11) is 0. The van der Waals surface area contributed by atoms with E-state index < -0.39 is 0 Å². The van der Waals surface area contributed by atoms with Crippen LogP contribution in [0.15, 0.2) is 4.99 Å². The van der Waals surface area contributed by atoms with Crippen LogP contribution in [0.25, 0.3) is 0 Å². The van der Waals surface area contributed by atoms with Gasteiger partial charge in [-0.2, -0.15) is 0 Å². The Morgan fingerprint density at radius 2 is 2.20 bits per heavy atom. The highest BCUT2D eigenvalue weighted by Crippen LogP contribution is 1.86. The Bertz CT molecular complexity index is 105. The van der Waals surface area contributed by atoms with Crippen LogP contribution in [0.4, 0.5) is 0 Å². The highest BCUT2D eigenvalue weighted by Gasteiger charge is 1.98. The highest BCUT2D eigenvalue weighted by atomic mass is 35.5. The minimum atomic E-state index is 0. The lowest BCUT2D eigenvalue weighted by Crippen LogP contribution is -2.34. The fraction of sp³-hybridized carbons (Fsp3) is 0.800. The molecule has 1 aliphatic heterocycles. The van der Waals surface area contributed by atoms with Gasteiger partial charge in [-0.15, -0.1) is 24.8 Å². The second-order valence-electron chi connectivity index (χ2n) is 1.81. The summed E-state index contributed by atoms with van der Waals surface area (Å²) in [5, 5.41) is 3.09. The van der Waals surface area contributed by atoms with Crippen LogP contribution in [0.2, 0.25) is 0 Å². The van der Waals surface area contributed by atoms with Crippen LogP contribution in [-0.4, -0.2) is 25.5 Å². The molecule has 10 heavy (non-hydrogen) atoms. The molecule has 0 atom stereocenters. The summed E-state index contributed by atoms with van der Waals surface area (Å²) in [5.74, 6) is 0.955. The number of hydrogen-bond donors (Lipinski definition) is 2. The van der Waals surface area contributed by atoms with Gasteiger partial charge in [-0.25, -0.2) is 0 Å². The number of rotatable bonds is 1. The minimum Gasteiger partial charge on any atom is -0.373 e. The average Bonchev–Trinajstić information content (AvgIpc) is 1.90. The molecule has 0 saturated heterocycles. The first kappa shape index (κ1) is 12.7. The lowest BCUT2D eigenvalue weighted by atomic mass is 10.3. The van der Waals surface area contributed by atoms with Crippen molar-refractivity contribution >= 4 is 30.6 Å². The molecular weight excluding hydrogens is 173 g/mol. The van der Waals surface area contributed by atoms with Crippen molar-refractivity contribution < 1.29 is 0 Å². The second kappa shape index (κ2) is 7.12. The minimum absolute atomic E-state index is 0. The fourth-order valence-corrected chi connectivity index (χ4v) is 0.718. The maximum absolute atomic E-state index is 5.31. The van der Waals surface area contributed by atoms with Crippen molar-refractivity contribution in [2.75, 3.05) is 19.6 Å². The lowest BCUT2D eigenvalue weighted by molar-refractivity contribution is 0.733. The maximum Gasteiger partial charge on any atom is 0.110 e. The molecule has 3 N–H and O–H groups in total. The molecule has 0 aliphatic carbocycles. The molecule has 0 saturated carbocycles. The standard InChI is InChI=1S/C5H11N3.2ClH/c6-4-5-7-2-1-3-8-5;;/h1-4,6H2,(H,7,8);2*1H. The molecule has 1 rings (SSSR count). The molecule has 0 aromatic heterocycles. The van der Waals surface area contributed by atoms with Gasteiger partial charge in [-0.05, 0) is 6.42 Å². The topological polar surface area (TPSA) is 50.4 Å². The predicted molar refractivity (Wildman–Crippen MR) is 48.5 cm³/mol. The third-order valence-corrected chi connectivity index (χ3v) is 1.16. The molecule has 0 aromatic carbocycles. The van der Waals surface area contributed by atoms with Crippen LogP contribution >= 0.6 is 24.8 Å². The molecule has 3 nitrogen and oxygen atoms in total. The Hall–Kier alpha value is 0.01000. The molecule has 0 aromatic rings. The van der Waals surface area contributed by atoms with Gasteiger partial charge in [0.25, 0.3) is 0 Å². The van der Waals surface area contributed by atoms with Crippen molar-refractivity contribution in [1.29, 1.82) is 0 Å². The Balaban J connectivity index is 0. The quantitative estimate of drug-likeness (QED) is 0.613. The van der Waals surface area contributed by atoms with E-state index >= 15 is 0 Å². The normalized spacial score (nSPS) is 15.5. The number of nitrogens with one attached hydrogen (secondary N) is 1. The van der Waals surface area contributed by atoms with E-state index in [9.17, 15) is 0 Å². The number of aliphatic imine (C=N–C) groups is 1. The van der Waals surface area contributed by atoms with E-state index in [-0.39, 0.29) is 24.8 Å². The number of halogens is 2. The van der Waals surface area contributed by atoms with Gasteiger partial charge in [0.2, 0.25) is 0 Å². The average molecular weight is 186 g/mol. The first-order valence-electron chi connectivity index (χ1n) is 2.91. The van der Waals surface area contributed by atoms with E-state index in [2.05, 4.69) is 10.3 Å². The first-order chi connectivity index (χ1) is 3.93. The van der Waals surface area contributed by atoms with Crippen LogP contribution in [0.5, 0.6) is 0 Å². The molecule has 0 spiro atoms. The summed E-state index contributed by atoms with van der Waals surface area (Å²) < 4.78 is 0. The first-order valence-corrected chi connectivity index (χ1v) is 2.91. The van der Waals surface area contributed by atoms with Crippen molar-refractivity contribution in [2.45, 2.75) is 6.42 Å². The number of nitrogens with zero attached hydrogens (tertiary/aromatic N) is 1. The van der Waals surface area contributed by atoms with E-state index in [1.165, 1.54) is 0 Å². The number of nitrogens with two attached hydrogens (primary N) is 1. The smallest absolute Gasteiger partial charge is 0.110 e. The number of hydrogen-bond acceptors (Lipinski definition) is 3. The summed E-state index contributed by atoms with van der Waals surface area (Å²) in [6, 6.07) is 0. The lowest BCUT2D eigenvalue weighted by Gasteiger charge is -2.11. The second-order valence-corrected chi connectivity index (χ2v) is 1.81. The van der Waals surface area contributed by atoms with Crippen LogP contribution in [-0.2, 0) is 0 Å². The molecule has 62 valence electrons. The van der Waals surface area contributed by atoms with Gasteiger partial charge in [0.1, 0.15) is 5.84 Å². The summed E-state index contributed by atoms with van der Waals surface area (Å²) in [4.78, 5) is 4.13. The molecule has 0 unspecified atom stereocenters. The molecule has 1 aliphatic rings. The van der Waals surface area contributed by atoms with E-state index in [0.717, 1.165) is 25.3 Å². The Morgan fingerprint density at radius 3 is 2.50 bits per heavy atom. The molecular formula is C5H13Cl2N3. The van der Waals surface area contributed by atoms with E-state index in [1.54, 1.807) is 0 Å². The van der Waals surface area contributed by atoms with Gasteiger partial charge in [0, 0.05) is 13.1 Å². The molecule has 1 heterocycles. The summed E-state index contributed by atoms with van der Waals surface area (Å²) >= 11 is 0. The third kappa shape index (κ3) is 3.93. The maximum atomic E-state index is 5.31. The zero-order valence-electron chi connectivity index (χ0n) is 5.67. The Labute approximate surface area is 73.3 Å². The summed E-state index contributed by atoms with van der Waals surface area (Å²) in [6.45, 7) is 2.54. The summed E-state index contributed by atoms with van der Waals surface area (Å²) in [5.41, 5.74) is 5.31. The van der Waals surface area contributed by atoms with Crippen LogP contribution in [0, 0.1) is 0 Å². The zero-order valence-corrected chi connectivity index (χ0v) is 7.30. The van der Waals surface area contributed by atoms with Gasteiger partial charge in [0.05, 0.1) is 6.54 Å². The third-order valence-electron chi connectivity index (χ3n) is 1.16. The van der Waals surface area contributed by atoms with Crippen LogP contribution in [0.3, 0.4) is 0 Å². The van der Waals surface area contributed by atoms with E-state index in [1.807, 2.05) is 0 Å². The van der Waals surface area contributed by atoms with Crippen molar-refractivity contribution in [3.8, 4) is 0 Å². The van der Waals surface area contributed by atoms with Gasteiger partial charge in [-0.3, -0.25) is 4.99 Å². The molecule has 0 bridgehead atoms. The van der Waals surface area contributed by atoms with Gasteiger partial charge in [0.15, 0.2) is 0 Å². The van der Waals surface area contributed by atoms with Crippen LogP contribution < -0.4 is 11.1 Å². The molecule has 0 amide bonds. The zero-order chi connectivity index (χ0) is 5.82. The van der Waals surface area contributed by atoms with Gasteiger partial charge < -0.3 is 11.1 Å². The highest BCUT2D eigenvalue weighted by molar-refractivity contribution is 5.85. The van der Waals surface area contributed by atoms with Crippen molar-refractivity contribution in [3.05, 3.63) is 0 Å². The van der Waals surface area contributed by atoms with Crippen molar-refractivity contribution in [3.63, 3.8) is 0 Å². The fourth-order valence-electron chi connectivity index (χ4n) is 0.718. The monoisotopic (exact) mass is 185 g/mol. The molecule has 0 fully saturated rings. The largest absolute Gasteiger partial charge is 0.373 e. The van der Waals surface area contributed by atoms with Crippen LogP contribution in [0.1, 0.15) is 6.42 Å². The van der Waals surface area contributed by atoms with Gasteiger partial charge in [-0.1, -0.05) is 0 Å². The Morgan fingerprint density at radius 1 is 1.50 bits per heavy atom. The SMILES string of the molecule is Cl.Cl.NCC1=NCCCN1. The molecule has 0 radical (unpaired) electrons. The Kier molecular flexibility index (Phi) is 9.02. The van der Waals surface area contributed by atoms with Crippen molar-refractivity contribution in [1.82, 2.24) is 5.32 Å². The predicted octanol–water partition coefficient (Wildman–Crippen LogP) is 0.180. The van der Waals surface area contributed by atoms with Crippen molar-refractivity contribution in [2.24, 2.45) is 10.7 Å². The van der Waals surface area contributed by atoms with Gasteiger partial charge >= 0.3 is 0 Å². The summed E-state index contributed by atoms with van der Waals surface area (Å²) in [6.07, 6.45) is 1.14. The number of amidine groups is 1.